The van der Waals surface area contributed by atoms with Crippen molar-refractivity contribution in [2.75, 3.05) is 0 Å². The Balaban J connectivity index is 2.42. The summed E-state index contributed by atoms with van der Waals surface area (Å²) in [5.74, 6) is -2.51. The lowest BCUT2D eigenvalue weighted by atomic mass is 10.0. The first-order valence-corrected chi connectivity index (χ1v) is 5.42. The minimum Gasteiger partial charge on any atom is -0.507 e. The van der Waals surface area contributed by atoms with Crippen molar-refractivity contribution in [3.63, 3.8) is 0 Å². The molecule has 0 aliphatic rings. The van der Waals surface area contributed by atoms with Gasteiger partial charge in [0, 0.05) is 11.1 Å². The van der Waals surface area contributed by atoms with E-state index >= 15 is 0 Å². The fourth-order valence-electron chi connectivity index (χ4n) is 1.67. The molecule has 0 fully saturated rings. The second kappa shape index (κ2) is 4.89. The first kappa shape index (κ1) is 12.8. The number of halogens is 1. The van der Waals surface area contributed by atoms with Gasteiger partial charge in [0.1, 0.15) is 11.6 Å². The number of ketones is 1. The summed E-state index contributed by atoms with van der Waals surface area (Å²) in [6.45, 7) is 0. The Kier molecular flexibility index (Phi) is 3.29. The van der Waals surface area contributed by atoms with Crippen LogP contribution in [0.3, 0.4) is 0 Å². The molecule has 0 unspecified atom stereocenters. The van der Waals surface area contributed by atoms with Crippen molar-refractivity contribution < 1.29 is 19.1 Å². The van der Waals surface area contributed by atoms with Crippen LogP contribution in [-0.4, -0.2) is 16.8 Å². The second-order valence-electron chi connectivity index (χ2n) is 3.90. The second-order valence-corrected chi connectivity index (χ2v) is 3.90. The molecule has 0 spiro atoms. The van der Waals surface area contributed by atoms with Gasteiger partial charge in [0.2, 0.25) is 5.91 Å². The molecule has 3 N–H and O–H groups in total. The fraction of sp³-hybridized carbons (Fsp3) is 0. The average molecular weight is 259 g/mol. The third-order valence-electron chi connectivity index (χ3n) is 2.65. The molecule has 96 valence electrons. The van der Waals surface area contributed by atoms with Gasteiger partial charge < -0.3 is 10.8 Å². The summed E-state index contributed by atoms with van der Waals surface area (Å²) in [6, 6.07) is 9.07. The molecule has 0 aromatic heterocycles. The molecule has 0 saturated heterocycles. The minimum atomic E-state index is -0.802. The molecule has 0 aliphatic carbocycles. The van der Waals surface area contributed by atoms with Gasteiger partial charge >= 0.3 is 0 Å². The number of primary amides is 1. The Hall–Kier alpha value is -2.69. The van der Waals surface area contributed by atoms with Crippen LogP contribution in [0, 0.1) is 5.82 Å². The number of hydrogen-bond acceptors (Lipinski definition) is 3. The first-order chi connectivity index (χ1) is 9.00. The van der Waals surface area contributed by atoms with E-state index in [0.29, 0.717) is 0 Å². The molecule has 0 aliphatic heterocycles. The predicted molar refractivity (Wildman–Crippen MR) is 66.5 cm³/mol. The lowest BCUT2D eigenvalue weighted by Gasteiger charge is -2.05. The number of aromatic hydroxyl groups is 1. The number of amides is 1. The molecule has 0 radical (unpaired) electrons. The summed E-state index contributed by atoms with van der Waals surface area (Å²) >= 11 is 0. The van der Waals surface area contributed by atoms with Crippen molar-refractivity contribution in [2.24, 2.45) is 5.73 Å². The van der Waals surface area contributed by atoms with E-state index in [4.69, 9.17) is 5.73 Å². The maximum absolute atomic E-state index is 13.5. The molecule has 1 amide bonds. The Labute approximate surface area is 108 Å². The van der Waals surface area contributed by atoms with Crippen molar-refractivity contribution >= 4 is 11.7 Å². The summed E-state index contributed by atoms with van der Waals surface area (Å²) < 4.78 is 13.5. The standard InChI is InChI=1S/C14H10FNO3/c15-10-2-1-3-11(17)12(10)13(18)8-4-6-9(7-5-8)14(16)19/h1-7,17H,(H2,16,19). The number of phenols is 1. The molecule has 0 bridgehead atoms. The Morgan fingerprint density at radius 2 is 1.58 bits per heavy atom. The summed E-state index contributed by atoms with van der Waals surface area (Å²) in [4.78, 5) is 23.0. The quantitative estimate of drug-likeness (QED) is 0.825. The van der Waals surface area contributed by atoms with Crippen LogP contribution in [0.25, 0.3) is 0 Å². The van der Waals surface area contributed by atoms with E-state index in [-0.39, 0.29) is 11.1 Å². The zero-order chi connectivity index (χ0) is 14.0. The largest absolute Gasteiger partial charge is 0.507 e. The highest BCUT2D eigenvalue weighted by Crippen LogP contribution is 2.23. The molecule has 0 atom stereocenters. The molecule has 0 saturated carbocycles. The van der Waals surface area contributed by atoms with Gasteiger partial charge in [-0.1, -0.05) is 18.2 Å². The summed E-state index contributed by atoms with van der Waals surface area (Å²) in [7, 11) is 0. The summed E-state index contributed by atoms with van der Waals surface area (Å²) in [5.41, 5.74) is 5.08. The van der Waals surface area contributed by atoms with Crippen LogP contribution in [-0.2, 0) is 0 Å². The van der Waals surface area contributed by atoms with Gasteiger partial charge in [0.05, 0.1) is 5.56 Å². The highest BCUT2D eigenvalue weighted by molar-refractivity contribution is 6.11. The molecule has 0 heterocycles. The number of hydrogen-bond donors (Lipinski definition) is 2. The zero-order valence-electron chi connectivity index (χ0n) is 9.76. The first-order valence-electron chi connectivity index (χ1n) is 5.42. The SMILES string of the molecule is NC(=O)c1ccc(C(=O)c2c(O)cccc2F)cc1. The molecule has 2 rings (SSSR count). The normalized spacial score (nSPS) is 10.2. The molecule has 2 aromatic carbocycles. The molecule has 2 aromatic rings. The van der Waals surface area contributed by atoms with Gasteiger partial charge in [-0.25, -0.2) is 4.39 Å². The Morgan fingerprint density at radius 3 is 2.11 bits per heavy atom. The van der Waals surface area contributed by atoms with Crippen molar-refractivity contribution in [3.05, 3.63) is 65.0 Å². The van der Waals surface area contributed by atoms with E-state index in [1.807, 2.05) is 0 Å². The topological polar surface area (TPSA) is 80.4 Å². The molecule has 19 heavy (non-hydrogen) atoms. The molecular formula is C14H10FNO3. The van der Waals surface area contributed by atoms with E-state index in [1.165, 1.54) is 36.4 Å². The van der Waals surface area contributed by atoms with E-state index in [1.54, 1.807) is 0 Å². The van der Waals surface area contributed by atoms with Gasteiger partial charge in [-0.05, 0) is 24.3 Å². The maximum atomic E-state index is 13.5. The number of carbonyl (C=O) groups is 2. The Morgan fingerprint density at radius 1 is 1.00 bits per heavy atom. The minimum absolute atomic E-state index is 0.158. The van der Waals surface area contributed by atoms with E-state index in [9.17, 15) is 19.1 Å². The highest BCUT2D eigenvalue weighted by Gasteiger charge is 2.18. The van der Waals surface area contributed by atoms with Crippen LogP contribution in [0.1, 0.15) is 26.3 Å². The number of benzene rings is 2. The molecule has 5 heteroatoms. The van der Waals surface area contributed by atoms with Gasteiger partial charge in [0.25, 0.3) is 0 Å². The number of carbonyl (C=O) groups excluding carboxylic acids is 2. The number of phenolic OH excluding ortho intramolecular Hbond substituents is 1. The Bertz CT molecular complexity index is 630. The van der Waals surface area contributed by atoms with Gasteiger partial charge in [-0.2, -0.15) is 0 Å². The van der Waals surface area contributed by atoms with Gasteiger partial charge in [0.15, 0.2) is 5.78 Å². The van der Waals surface area contributed by atoms with Crippen molar-refractivity contribution in [1.82, 2.24) is 0 Å². The molecule has 4 nitrogen and oxygen atoms in total. The van der Waals surface area contributed by atoms with E-state index in [2.05, 4.69) is 0 Å². The van der Waals surface area contributed by atoms with E-state index in [0.717, 1.165) is 6.07 Å². The van der Waals surface area contributed by atoms with Crippen LogP contribution < -0.4 is 5.73 Å². The zero-order valence-corrected chi connectivity index (χ0v) is 9.76. The molecular weight excluding hydrogens is 249 g/mol. The highest BCUT2D eigenvalue weighted by atomic mass is 19.1. The third-order valence-corrected chi connectivity index (χ3v) is 2.65. The van der Waals surface area contributed by atoms with Crippen molar-refractivity contribution in [2.45, 2.75) is 0 Å². The fourth-order valence-corrected chi connectivity index (χ4v) is 1.67. The van der Waals surface area contributed by atoms with Crippen molar-refractivity contribution in [1.29, 1.82) is 0 Å². The van der Waals surface area contributed by atoms with E-state index < -0.39 is 28.8 Å². The van der Waals surface area contributed by atoms with Gasteiger partial charge in [-0.15, -0.1) is 0 Å². The summed E-state index contributed by atoms with van der Waals surface area (Å²) in [6.07, 6.45) is 0. The van der Waals surface area contributed by atoms with Crippen LogP contribution in [0.2, 0.25) is 0 Å². The number of nitrogens with two attached hydrogens (primary N) is 1. The van der Waals surface area contributed by atoms with Crippen LogP contribution in [0.4, 0.5) is 4.39 Å². The van der Waals surface area contributed by atoms with Crippen LogP contribution in [0.5, 0.6) is 5.75 Å². The lowest BCUT2D eigenvalue weighted by molar-refractivity contribution is 0.0996. The van der Waals surface area contributed by atoms with Crippen LogP contribution in [0.15, 0.2) is 42.5 Å². The van der Waals surface area contributed by atoms with Gasteiger partial charge in [-0.3, -0.25) is 9.59 Å². The maximum Gasteiger partial charge on any atom is 0.248 e. The predicted octanol–water partition coefficient (Wildman–Crippen LogP) is 1.86. The average Bonchev–Trinajstić information content (AvgIpc) is 2.38. The number of rotatable bonds is 3. The third kappa shape index (κ3) is 2.44. The smallest absolute Gasteiger partial charge is 0.248 e. The van der Waals surface area contributed by atoms with Crippen LogP contribution >= 0.6 is 0 Å². The monoisotopic (exact) mass is 259 g/mol. The lowest BCUT2D eigenvalue weighted by Crippen LogP contribution is -2.11. The van der Waals surface area contributed by atoms with Crippen molar-refractivity contribution in [3.8, 4) is 5.75 Å². The summed E-state index contributed by atoms with van der Waals surface area (Å²) in [5, 5.41) is 9.53.